The molecule has 6 heterocycles. The molecule has 2 fully saturated rings. The molecule has 2 aliphatic heterocycles. The molecule has 274 valence electrons. The van der Waals surface area contributed by atoms with E-state index in [4.69, 9.17) is 19.4 Å². The van der Waals surface area contributed by atoms with Crippen molar-refractivity contribution in [2.24, 2.45) is 11.8 Å². The van der Waals surface area contributed by atoms with Crippen LogP contribution >= 0.6 is 22.7 Å². The minimum Gasteiger partial charge on any atom is -0.453 e. The lowest BCUT2D eigenvalue weighted by Crippen LogP contribution is -2.51. The topological polar surface area (TPSA) is 146 Å². The molecule has 0 radical (unpaired) electrons. The fourth-order valence-corrected chi connectivity index (χ4v) is 9.56. The molecule has 0 spiro atoms. The highest BCUT2D eigenvalue weighted by molar-refractivity contribution is 7.27. The average Bonchev–Trinajstić information content (AvgIpc) is 3.98. The summed E-state index contributed by atoms with van der Waals surface area (Å²) in [7, 11) is 1.30. The van der Waals surface area contributed by atoms with Crippen molar-refractivity contribution < 1.29 is 23.9 Å². The number of carbonyl (C=O) groups excluding carboxylic acids is 3. The Morgan fingerprint density at radius 1 is 0.846 bits per heavy atom. The van der Waals surface area contributed by atoms with Crippen molar-refractivity contribution in [3.05, 3.63) is 59.1 Å². The standard InChI is InChI=1S/C38H45N7O5S2/c1-21(2)18-50-38(48)45-15-7-9-30(45)35-40-17-28(42-35)26-20-52-32-25(19-51-33(26)32)23-10-12-24(13-11-23)27-16-39-34(41-27)29-8-6-14-44(29)36(46)31(22(3)4)43-37(47)49-5/h10-13,16-17,19-22,29-31H,6-9,14-15,18H2,1-5H3,(H,39,41)(H,40,42)(H,43,47)/t29?,30?,31-/m0/s1. The van der Waals surface area contributed by atoms with Gasteiger partial charge < -0.3 is 29.7 Å². The highest BCUT2D eigenvalue weighted by Crippen LogP contribution is 2.44. The van der Waals surface area contributed by atoms with Gasteiger partial charge in [-0.1, -0.05) is 52.0 Å². The van der Waals surface area contributed by atoms with E-state index in [2.05, 4.69) is 50.3 Å². The van der Waals surface area contributed by atoms with Crippen LogP contribution in [0.3, 0.4) is 0 Å². The van der Waals surface area contributed by atoms with Gasteiger partial charge in [0, 0.05) is 35.0 Å². The van der Waals surface area contributed by atoms with E-state index in [9.17, 15) is 14.4 Å². The summed E-state index contributed by atoms with van der Waals surface area (Å²) in [5.74, 6) is 1.60. The smallest absolute Gasteiger partial charge is 0.410 e. The number of H-pyrrole nitrogens is 2. The summed E-state index contributed by atoms with van der Waals surface area (Å²) in [4.78, 5) is 58.3. The molecule has 3 atom stereocenters. The second-order valence-electron chi connectivity index (χ2n) is 14.3. The number of ether oxygens (including phenoxy) is 2. The van der Waals surface area contributed by atoms with Crippen molar-refractivity contribution in [2.75, 3.05) is 26.8 Å². The molecule has 0 saturated carbocycles. The maximum Gasteiger partial charge on any atom is 0.410 e. The van der Waals surface area contributed by atoms with E-state index >= 15 is 0 Å². The molecule has 3 N–H and O–H groups in total. The van der Waals surface area contributed by atoms with Gasteiger partial charge in [-0.05, 0) is 48.6 Å². The SMILES string of the molecule is COC(=O)N[C@H](C(=O)N1CCCC1c1ncc(-c2ccc(-c3csc4c(-c5cnc(C6CCCN6C(=O)OCC(C)C)[nH]5)csc34)cc2)[nH]1)C(C)C. The second kappa shape index (κ2) is 15.1. The number of methoxy groups -OCH3 is 1. The Balaban J connectivity index is 1.05. The fourth-order valence-electron chi connectivity index (χ4n) is 7.11. The molecule has 4 aromatic heterocycles. The Kier molecular flexibility index (Phi) is 10.4. The van der Waals surface area contributed by atoms with Crippen molar-refractivity contribution in [1.29, 1.82) is 0 Å². The Hall–Kier alpha value is -4.69. The number of alkyl carbamates (subject to hydrolysis) is 1. The summed E-state index contributed by atoms with van der Waals surface area (Å²) < 4.78 is 12.7. The van der Waals surface area contributed by atoms with Crippen molar-refractivity contribution in [3.63, 3.8) is 0 Å². The number of hydrogen-bond acceptors (Lipinski definition) is 9. The molecule has 0 aliphatic carbocycles. The summed E-state index contributed by atoms with van der Waals surface area (Å²) in [6.07, 6.45) is 6.25. The number of rotatable bonds is 10. The van der Waals surface area contributed by atoms with E-state index in [1.165, 1.54) is 22.1 Å². The van der Waals surface area contributed by atoms with Crippen LogP contribution in [0.2, 0.25) is 0 Å². The number of fused-ring (bicyclic) bond motifs is 1. The van der Waals surface area contributed by atoms with Crippen LogP contribution in [0.5, 0.6) is 0 Å². The highest BCUT2D eigenvalue weighted by atomic mass is 32.1. The van der Waals surface area contributed by atoms with Crippen LogP contribution in [0, 0.1) is 11.8 Å². The first-order valence-electron chi connectivity index (χ1n) is 17.9. The number of aromatic amines is 2. The van der Waals surface area contributed by atoms with Crippen LogP contribution in [0.1, 0.15) is 77.1 Å². The molecule has 7 rings (SSSR count). The van der Waals surface area contributed by atoms with Crippen LogP contribution in [-0.2, 0) is 14.3 Å². The maximum absolute atomic E-state index is 13.5. The lowest BCUT2D eigenvalue weighted by molar-refractivity contribution is -0.135. The first-order valence-corrected chi connectivity index (χ1v) is 19.7. The molecule has 3 amide bonds. The van der Waals surface area contributed by atoms with E-state index in [-0.39, 0.29) is 35.9 Å². The third-order valence-corrected chi connectivity index (χ3v) is 12.0. The number of aromatic nitrogens is 4. The summed E-state index contributed by atoms with van der Waals surface area (Å²) in [6.45, 7) is 9.58. The van der Waals surface area contributed by atoms with Gasteiger partial charge in [0.1, 0.15) is 17.7 Å². The Labute approximate surface area is 310 Å². The molecular formula is C38H45N7O5S2. The van der Waals surface area contributed by atoms with Crippen molar-refractivity contribution in [3.8, 4) is 33.6 Å². The van der Waals surface area contributed by atoms with E-state index in [0.717, 1.165) is 65.4 Å². The molecule has 12 nitrogen and oxygen atoms in total. The molecular weight excluding hydrogens is 699 g/mol. The number of imidazole rings is 2. The fraction of sp³-hybridized carbons (Fsp3) is 0.447. The zero-order valence-electron chi connectivity index (χ0n) is 30.1. The van der Waals surface area contributed by atoms with Gasteiger partial charge >= 0.3 is 12.2 Å². The number of carbonyl (C=O) groups is 3. The minimum atomic E-state index is -0.676. The van der Waals surface area contributed by atoms with E-state index < -0.39 is 12.1 Å². The molecule has 5 aromatic rings. The first-order chi connectivity index (χ1) is 25.1. The predicted molar refractivity (Wildman–Crippen MR) is 203 cm³/mol. The minimum absolute atomic E-state index is 0.0942. The number of nitrogens with one attached hydrogen (secondary N) is 3. The monoisotopic (exact) mass is 743 g/mol. The second-order valence-corrected chi connectivity index (χ2v) is 16.0. The molecule has 14 heteroatoms. The van der Waals surface area contributed by atoms with Gasteiger partial charge in [0.15, 0.2) is 0 Å². The van der Waals surface area contributed by atoms with E-state index in [1.807, 2.05) is 45.0 Å². The number of nitrogens with zero attached hydrogens (tertiary/aromatic N) is 4. The molecule has 52 heavy (non-hydrogen) atoms. The largest absolute Gasteiger partial charge is 0.453 e. The molecule has 1 aromatic carbocycles. The van der Waals surface area contributed by atoms with Crippen LogP contribution in [-0.4, -0.2) is 80.7 Å². The zero-order chi connectivity index (χ0) is 36.5. The summed E-state index contributed by atoms with van der Waals surface area (Å²) in [5, 5.41) is 7.09. The van der Waals surface area contributed by atoms with Gasteiger partial charge in [-0.15, -0.1) is 22.7 Å². The summed E-state index contributed by atoms with van der Waals surface area (Å²) in [5.41, 5.74) is 6.26. The lowest BCUT2D eigenvalue weighted by Gasteiger charge is -2.30. The van der Waals surface area contributed by atoms with Crippen LogP contribution in [0.4, 0.5) is 9.59 Å². The van der Waals surface area contributed by atoms with Crippen molar-refractivity contribution in [1.82, 2.24) is 35.1 Å². The van der Waals surface area contributed by atoms with Gasteiger partial charge in [-0.25, -0.2) is 19.6 Å². The maximum atomic E-state index is 13.5. The highest BCUT2D eigenvalue weighted by Gasteiger charge is 2.38. The number of amides is 3. The molecule has 2 aliphatic rings. The molecule has 2 saturated heterocycles. The van der Waals surface area contributed by atoms with Crippen LogP contribution in [0.25, 0.3) is 43.0 Å². The number of likely N-dealkylation sites (tertiary alicyclic amines) is 2. The Morgan fingerprint density at radius 3 is 2.08 bits per heavy atom. The van der Waals surface area contributed by atoms with Crippen molar-refractivity contribution >= 4 is 50.2 Å². The van der Waals surface area contributed by atoms with Gasteiger partial charge in [0.25, 0.3) is 0 Å². The van der Waals surface area contributed by atoms with Crippen LogP contribution < -0.4 is 5.32 Å². The quantitative estimate of drug-likeness (QED) is 0.130. The third-order valence-electron chi connectivity index (χ3n) is 9.86. The third kappa shape index (κ3) is 7.05. The van der Waals surface area contributed by atoms with Gasteiger partial charge in [-0.2, -0.15) is 0 Å². The number of benzene rings is 1. The lowest BCUT2D eigenvalue weighted by atomic mass is 10.0. The zero-order valence-corrected chi connectivity index (χ0v) is 31.7. The Morgan fingerprint density at radius 2 is 1.42 bits per heavy atom. The van der Waals surface area contributed by atoms with E-state index in [1.54, 1.807) is 27.6 Å². The summed E-state index contributed by atoms with van der Waals surface area (Å²) >= 11 is 3.44. The molecule has 2 unspecified atom stereocenters. The van der Waals surface area contributed by atoms with Gasteiger partial charge in [-0.3, -0.25) is 9.69 Å². The number of thiophene rings is 2. The van der Waals surface area contributed by atoms with Gasteiger partial charge in [0.05, 0.1) is 59.0 Å². The van der Waals surface area contributed by atoms with Crippen molar-refractivity contribution in [2.45, 2.75) is 71.5 Å². The van der Waals surface area contributed by atoms with Crippen LogP contribution in [0.15, 0.2) is 47.4 Å². The van der Waals surface area contributed by atoms with Gasteiger partial charge in [0.2, 0.25) is 5.91 Å². The Bertz CT molecular complexity index is 2040. The first kappa shape index (κ1) is 35.7. The normalized spacial score (nSPS) is 18.1. The number of hydrogen-bond donors (Lipinski definition) is 3. The molecule has 0 bridgehead atoms. The average molecular weight is 744 g/mol. The summed E-state index contributed by atoms with van der Waals surface area (Å²) in [6, 6.07) is 7.48. The van der Waals surface area contributed by atoms with E-state index in [0.29, 0.717) is 19.7 Å². The predicted octanol–water partition coefficient (Wildman–Crippen LogP) is 8.38.